The van der Waals surface area contributed by atoms with Crippen molar-refractivity contribution in [2.24, 2.45) is 16.8 Å². The van der Waals surface area contributed by atoms with Crippen molar-refractivity contribution < 1.29 is 4.79 Å². The number of aliphatic imine (C=N–C) groups is 1. The smallest absolute Gasteiger partial charge is 0.227 e. The third kappa shape index (κ3) is 7.62. The Morgan fingerprint density at radius 1 is 1.24 bits per heavy atom. The fraction of sp³-hybridized carbons (Fsp3) is 0.455. The molecular formula is C22H31IN4OS. The Labute approximate surface area is 194 Å². The van der Waals surface area contributed by atoms with Gasteiger partial charge in [0.1, 0.15) is 0 Å². The van der Waals surface area contributed by atoms with E-state index in [1.54, 1.807) is 7.05 Å². The first-order valence-corrected chi connectivity index (χ1v) is 10.9. The highest BCUT2D eigenvalue weighted by atomic mass is 127. The maximum absolute atomic E-state index is 12.1. The van der Waals surface area contributed by atoms with Gasteiger partial charge in [0.25, 0.3) is 0 Å². The third-order valence-corrected chi connectivity index (χ3v) is 6.00. The van der Waals surface area contributed by atoms with Crippen molar-refractivity contribution in [2.75, 3.05) is 18.9 Å². The van der Waals surface area contributed by atoms with Crippen molar-refractivity contribution in [3.63, 3.8) is 0 Å². The topological polar surface area (TPSA) is 65.5 Å². The Morgan fingerprint density at radius 2 is 2.07 bits per heavy atom. The maximum Gasteiger partial charge on any atom is 0.227 e. The van der Waals surface area contributed by atoms with E-state index in [1.165, 1.54) is 11.3 Å². The number of carbonyl (C=O) groups is 1. The molecule has 29 heavy (non-hydrogen) atoms. The lowest BCUT2D eigenvalue weighted by Crippen LogP contribution is -2.39. The molecule has 0 aliphatic heterocycles. The molecule has 7 heteroatoms. The lowest BCUT2D eigenvalue weighted by atomic mass is 9.85. The van der Waals surface area contributed by atoms with Gasteiger partial charge in [-0.2, -0.15) is 0 Å². The standard InChI is InChI=1S/C22H30N4OS.HI/c1-16(12-20-10-5-11-28-20)14-24-22(23-2)25-15-17-6-3-9-19(13-17)26-21(27)18-7-4-8-18;/h3,5-6,9-11,13,16,18H,4,7-8,12,14-15H2,1-2H3,(H,26,27)(H2,23,24,25);1H. The van der Waals surface area contributed by atoms with Crippen LogP contribution in [0.25, 0.3) is 0 Å². The molecule has 1 unspecified atom stereocenters. The van der Waals surface area contributed by atoms with Gasteiger partial charge in [0.15, 0.2) is 5.96 Å². The number of guanidine groups is 1. The second-order valence-corrected chi connectivity index (χ2v) is 8.55. The van der Waals surface area contributed by atoms with Crippen molar-refractivity contribution in [1.29, 1.82) is 0 Å². The zero-order valence-electron chi connectivity index (χ0n) is 17.1. The molecule has 5 nitrogen and oxygen atoms in total. The fourth-order valence-corrected chi connectivity index (χ4v) is 4.07. The molecule has 1 aromatic carbocycles. The van der Waals surface area contributed by atoms with E-state index in [0.29, 0.717) is 12.5 Å². The van der Waals surface area contributed by atoms with Crippen LogP contribution in [-0.2, 0) is 17.8 Å². The summed E-state index contributed by atoms with van der Waals surface area (Å²) in [6, 6.07) is 12.3. The van der Waals surface area contributed by atoms with Crippen LogP contribution < -0.4 is 16.0 Å². The minimum atomic E-state index is 0. The van der Waals surface area contributed by atoms with E-state index in [-0.39, 0.29) is 35.8 Å². The number of nitrogens with one attached hydrogen (secondary N) is 3. The van der Waals surface area contributed by atoms with E-state index < -0.39 is 0 Å². The number of nitrogens with zero attached hydrogens (tertiary/aromatic N) is 1. The Hall–Kier alpha value is -1.61. The van der Waals surface area contributed by atoms with E-state index in [2.05, 4.69) is 51.4 Å². The highest BCUT2D eigenvalue weighted by molar-refractivity contribution is 14.0. The molecule has 1 fully saturated rings. The summed E-state index contributed by atoms with van der Waals surface area (Å²) in [5, 5.41) is 11.9. The molecule has 3 N–H and O–H groups in total. The van der Waals surface area contributed by atoms with Crippen LogP contribution in [0, 0.1) is 11.8 Å². The van der Waals surface area contributed by atoms with Crippen molar-refractivity contribution in [3.05, 3.63) is 52.2 Å². The van der Waals surface area contributed by atoms with E-state index in [1.807, 2.05) is 29.5 Å². The van der Waals surface area contributed by atoms with Gasteiger partial charge in [-0.05, 0) is 54.3 Å². The first-order chi connectivity index (χ1) is 13.6. The predicted molar refractivity (Wildman–Crippen MR) is 133 cm³/mol. The normalized spacial score (nSPS) is 15.0. The molecule has 3 rings (SSSR count). The molecule has 1 aliphatic rings. The molecule has 1 aliphatic carbocycles. The second kappa shape index (κ2) is 12.2. The highest BCUT2D eigenvalue weighted by Gasteiger charge is 2.25. The molecule has 0 spiro atoms. The molecule has 0 bridgehead atoms. The summed E-state index contributed by atoms with van der Waals surface area (Å²) in [4.78, 5) is 17.9. The van der Waals surface area contributed by atoms with Crippen LogP contribution in [0.4, 0.5) is 5.69 Å². The molecule has 0 saturated heterocycles. The number of anilines is 1. The molecule has 0 radical (unpaired) electrons. The summed E-state index contributed by atoms with van der Waals surface area (Å²) in [5.41, 5.74) is 1.98. The Bertz CT molecular complexity index is 790. The summed E-state index contributed by atoms with van der Waals surface area (Å²) in [6.07, 6.45) is 4.27. The number of halogens is 1. The lowest BCUT2D eigenvalue weighted by molar-refractivity contribution is -0.122. The number of rotatable bonds is 8. The number of benzene rings is 1. The summed E-state index contributed by atoms with van der Waals surface area (Å²) in [6.45, 7) is 3.77. The van der Waals surface area contributed by atoms with Gasteiger partial charge in [-0.25, -0.2) is 0 Å². The summed E-state index contributed by atoms with van der Waals surface area (Å²) in [7, 11) is 1.79. The van der Waals surface area contributed by atoms with Crippen LogP contribution in [0.2, 0.25) is 0 Å². The van der Waals surface area contributed by atoms with Crippen LogP contribution >= 0.6 is 35.3 Å². The Balaban J connectivity index is 0.00000300. The van der Waals surface area contributed by atoms with Gasteiger partial charge in [0.2, 0.25) is 5.91 Å². The fourth-order valence-electron chi connectivity index (χ4n) is 3.20. The van der Waals surface area contributed by atoms with E-state index in [0.717, 1.165) is 43.0 Å². The van der Waals surface area contributed by atoms with Gasteiger partial charge >= 0.3 is 0 Å². The maximum atomic E-state index is 12.1. The molecule has 2 aromatic rings. The van der Waals surface area contributed by atoms with Gasteiger partial charge < -0.3 is 16.0 Å². The average Bonchev–Trinajstić information content (AvgIpc) is 3.13. The van der Waals surface area contributed by atoms with Gasteiger partial charge in [0, 0.05) is 36.6 Å². The number of thiophene rings is 1. The van der Waals surface area contributed by atoms with Crippen molar-refractivity contribution in [2.45, 2.75) is 39.2 Å². The van der Waals surface area contributed by atoms with Crippen LogP contribution in [0.5, 0.6) is 0 Å². The number of amides is 1. The van der Waals surface area contributed by atoms with Crippen LogP contribution in [0.15, 0.2) is 46.8 Å². The molecule has 1 heterocycles. The zero-order chi connectivity index (χ0) is 19.8. The second-order valence-electron chi connectivity index (χ2n) is 7.51. The minimum absolute atomic E-state index is 0. The number of hydrogen-bond acceptors (Lipinski definition) is 3. The van der Waals surface area contributed by atoms with Crippen molar-refractivity contribution in [3.8, 4) is 0 Å². The first kappa shape index (κ1) is 23.7. The molecule has 158 valence electrons. The lowest BCUT2D eigenvalue weighted by Gasteiger charge is -2.24. The van der Waals surface area contributed by atoms with Gasteiger partial charge in [0.05, 0.1) is 0 Å². The summed E-state index contributed by atoms with van der Waals surface area (Å²) >= 11 is 1.81. The predicted octanol–water partition coefficient (Wildman–Crippen LogP) is 4.65. The average molecular weight is 526 g/mol. The Morgan fingerprint density at radius 3 is 2.72 bits per heavy atom. The monoisotopic (exact) mass is 526 g/mol. The largest absolute Gasteiger partial charge is 0.356 e. The van der Waals surface area contributed by atoms with Crippen LogP contribution in [0.1, 0.15) is 36.6 Å². The van der Waals surface area contributed by atoms with Gasteiger partial charge in [-0.1, -0.05) is 31.5 Å². The van der Waals surface area contributed by atoms with E-state index in [9.17, 15) is 4.79 Å². The van der Waals surface area contributed by atoms with Crippen LogP contribution in [0.3, 0.4) is 0 Å². The number of carbonyl (C=O) groups excluding carboxylic acids is 1. The third-order valence-electron chi connectivity index (χ3n) is 5.10. The van der Waals surface area contributed by atoms with Crippen LogP contribution in [-0.4, -0.2) is 25.5 Å². The minimum Gasteiger partial charge on any atom is -0.356 e. The van der Waals surface area contributed by atoms with E-state index >= 15 is 0 Å². The quantitative estimate of drug-likeness (QED) is 0.267. The summed E-state index contributed by atoms with van der Waals surface area (Å²) in [5.74, 6) is 1.67. The summed E-state index contributed by atoms with van der Waals surface area (Å²) < 4.78 is 0. The van der Waals surface area contributed by atoms with Gasteiger partial charge in [-0.3, -0.25) is 9.79 Å². The van der Waals surface area contributed by atoms with E-state index in [4.69, 9.17) is 0 Å². The molecule has 1 aromatic heterocycles. The SMILES string of the molecule is CN=C(NCc1cccc(NC(=O)C2CCC2)c1)NCC(C)Cc1cccs1.I. The highest BCUT2D eigenvalue weighted by Crippen LogP contribution is 2.27. The molecular weight excluding hydrogens is 495 g/mol. The molecule has 1 atom stereocenters. The molecule has 1 amide bonds. The number of hydrogen-bond donors (Lipinski definition) is 3. The van der Waals surface area contributed by atoms with Crippen molar-refractivity contribution in [1.82, 2.24) is 10.6 Å². The first-order valence-electron chi connectivity index (χ1n) is 10.0. The Kier molecular flexibility index (Phi) is 9.93. The van der Waals surface area contributed by atoms with Crippen molar-refractivity contribution >= 4 is 52.9 Å². The zero-order valence-corrected chi connectivity index (χ0v) is 20.3. The van der Waals surface area contributed by atoms with Gasteiger partial charge in [-0.15, -0.1) is 35.3 Å². The molecule has 1 saturated carbocycles.